The van der Waals surface area contributed by atoms with Gasteiger partial charge >= 0.3 is 6.18 Å². The van der Waals surface area contributed by atoms with E-state index in [2.05, 4.69) is 10.3 Å². The molecule has 0 radical (unpaired) electrons. The van der Waals surface area contributed by atoms with Crippen LogP contribution in [0, 0.1) is 5.92 Å². The molecule has 108 valence electrons. The van der Waals surface area contributed by atoms with Crippen molar-refractivity contribution < 1.29 is 13.2 Å². The molecule has 0 spiro atoms. The highest BCUT2D eigenvalue weighted by atomic mass is 35.5. The predicted octanol–water partition coefficient (Wildman–Crippen LogP) is 4.10. The minimum absolute atomic E-state index is 0.0419. The number of pyridine rings is 1. The Morgan fingerprint density at radius 2 is 1.84 bits per heavy atom. The largest absolute Gasteiger partial charge is 0.417 e. The van der Waals surface area contributed by atoms with E-state index in [1.165, 1.54) is 0 Å². The Hall–Kier alpha value is -0.810. The molecule has 0 amide bonds. The van der Waals surface area contributed by atoms with Crippen molar-refractivity contribution in [2.24, 2.45) is 5.92 Å². The number of nitrogens with zero attached hydrogens (tertiary/aromatic N) is 1. The molecule has 0 aromatic carbocycles. The van der Waals surface area contributed by atoms with E-state index in [9.17, 15) is 13.2 Å². The quantitative estimate of drug-likeness (QED) is 0.904. The van der Waals surface area contributed by atoms with Crippen molar-refractivity contribution >= 4 is 11.6 Å². The Labute approximate surface area is 116 Å². The van der Waals surface area contributed by atoms with Crippen LogP contribution in [0.25, 0.3) is 0 Å². The van der Waals surface area contributed by atoms with E-state index < -0.39 is 11.7 Å². The number of hydrogen-bond donors (Lipinski definition) is 1. The van der Waals surface area contributed by atoms with Crippen molar-refractivity contribution in [3.8, 4) is 0 Å². The number of alkyl halides is 3. The summed E-state index contributed by atoms with van der Waals surface area (Å²) in [6, 6.07) is 1.02. The van der Waals surface area contributed by atoms with Crippen molar-refractivity contribution in [1.29, 1.82) is 0 Å². The van der Waals surface area contributed by atoms with Gasteiger partial charge in [-0.05, 0) is 26.0 Å². The zero-order chi connectivity index (χ0) is 14.8. The van der Waals surface area contributed by atoms with Crippen LogP contribution in [-0.2, 0) is 6.18 Å². The molecule has 1 aromatic heterocycles. The molecule has 0 fully saturated rings. The number of aromatic nitrogens is 1. The van der Waals surface area contributed by atoms with Gasteiger partial charge in [0.2, 0.25) is 0 Å². The molecule has 6 heteroatoms. The normalized spacial score (nSPS) is 15.6. The highest BCUT2D eigenvalue weighted by molar-refractivity contribution is 6.31. The first-order valence-corrected chi connectivity index (χ1v) is 6.46. The van der Waals surface area contributed by atoms with E-state index in [0.29, 0.717) is 5.69 Å². The lowest BCUT2D eigenvalue weighted by Gasteiger charge is -2.27. The summed E-state index contributed by atoms with van der Waals surface area (Å²) in [5, 5.41) is 3.16. The van der Waals surface area contributed by atoms with Gasteiger partial charge in [-0.3, -0.25) is 4.98 Å². The SMILES string of the molecule is CNC(C)C(c1ncc(C(F)(F)F)cc1Cl)C(C)C. The highest BCUT2D eigenvalue weighted by Crippen LogP contribution is 2.35. The van der Waals surface area contributed by atoms with Crippen molar-refractivity contribution in [3.63, 3.8) is 0 Å². The zero-order valence-electron chi connectivity index (χ0n) is 11.3. The molecule has 0 aliphatic carbocycles. The molecule has 2 unspecified atom stereocenters. The Morgan fingerprint density at radius 3 is 2.21 bits per heavy atom. The summed E-state index contributed by atoms with van der Waals surface area (Å²) in [7, 11) is 1.80. The number of likely N-dealkylation sites (N-methyl/N-ethyl adjacent to an activating group) is 1. The van der Waals surface area contributed by atoms with Crippen LogP contribution in [0.4, 0.5) is 13.2 Å². The molecule has 1 aromatic rings. The summed E-state index contributed by atoms with van der Waals surface area (Å²) < 4.78 is 37.7. The summed E-state index contributed by atoms with van der Waals surface area (Å²) in [5.41, 5.74) is -0.313. The molecule has 1 rings (SSSR count). The van der Waals surface area contributed by atoms with Crippen molar-refractivity contribution in [2.45, 2.75) is 38.9 Å². The van der Waals surface area contributed by atoms with Crippen LogP contribution in [0.3, 0.4) is 0 Å². The average molecular weight is 295 g/mol. The predicted molar refractivity (Wildman–Crippen MR) is 70.3 cm³/mol. The fraction of sp³-hybridized carbons (Fsp3) is 0.615. The Kier molecular flexibility index (Phi) is 5.21. The minimum Gasteiger partial charge on any atom is -0.317 e. The lowest BCUT2D eigenvalue weighted by molar-refractivity contribution is -0.137. The van der Waals surface area contributed by atoms with Gasteiger partial charge in [0.1, 0.15) is 0 Å². The molecular formula is C13H18ClF3N2. The summed E-state index contributed by atoms with van der Waals surface area (Å²) in [5.74, 6) is 0.170. The molecule has 2 nitrogen and oxygen atoms in total. The van der Waals surface area contributed by atoms with Gasteiger partial charge in [-0.25, -0.2) is 0 Å². The molecule has 19 heavy (non-hydrogen) atoms. The smallest absolute Gasteiger partial charge is 0.317 e. The topological polar surface area (TPSA) is 24.9 Å². The first-order valence-electron chi connectivity index (χ1n) is 6.08. The summed E-state index contributed by atoms with van der Waals surface area (Å²) >= 11 is 5.99. The number of halogens is 4. The van der Waals surface area contributed by atoms with Crippen molar-refractivity contribution in [3.05, 3.63) is 28.5 Å². The van der Waals surface area contributed by atoms with Crippen LogP contribution in [0.5, 0.6) is 0 Å². The molecule has 0 aliphatic heterocycles. The van der Waals surface area contributed by atoms with E-state index >= 15 is 0 Å². The van der Waals surface area contributed by atoms with Crippen LogP contribution in [0.2, 0.25) is 5.02 Å². The van der Waals surface area contributed by atoms with E-state index in [-0.39, 0.29) is 22.9 Å². The molecule has 0 saturated heterocycles. The Balaban J connectivity index is 3.20. The average Bonchev–Trinajstić information content (AvgIpc) is 2.29. The van der Waals surface area contributed by atoms with Gasteiger partial charge in [0.05, 0.1) is 16.3 Å². The second-order valence-electron chi connectivity index (χ2n) is 4.94. The van der Waals surface area contributed by atoms with Gasteiger partial charge in [-0.2, -0.15) is 13.2 Å². The monoisotopic (exact) mass is 294 g/mol. The van der Waals surface area contributed by atoms with Gasteiger partial charge in [-0.15, -0.1) is 0 Å². The molecule has 0 saturated carbocycles. The number of nitrogens with one attached hydrogen (secondary N) is 1. The summed E-state index contributed by atoms with van der Waals surface area (Å²) in [6.07, 6.45) is -3.57. The van der Waals surface area contributed by atoms with Crippen LogP contribution in [0.1, 0.15) is 37.9 Å². The van der Waals surface area contributed by atoms with Crippen LogP contribution in [0.15, 0.2) is 12.3 Å². The molecule has 0 aliphatic rings. The van der Waals surface area contributed by atoms with E-state index in [4.69, 9.17) is 11.6 Å². The first-order chi connectivity index (χ1) is 8.68. The summed E-state index contributed by atoms with van der Waals surface area (Å²) in [4.78, 5) is 3.94. The maximum Gasteiger partial charge on any atom is 0.417 e. The lowest BCUT2D eigenvalue weighted by atomic mass is 9.86. The van der Waals surface area contributed by atoms with Crippen LogP contribution < -0.4 is 5.32 Å². The fourth-order valence-corrected chi connectivity index (χ4v) is 2.45. The molecule has 0 bridgehead atoms. The maximum atomic E-state index is 12.6. The van der Waals surface area contributed by atoms with E-state index in [1.54, 1.807) is 7.05 Å². The van der Waals surface area contributed by atoms with Gasteiger partial charge in [0, 0.05) is 18.2 Å². The Morgan fingerprint density at radius 1 is 1.26 bits per heavy atom. The lowest BCUT2D eigenvalue weighted by Crippen LogP contribution is -2.32. The van der Waals surface area contributed by atoms with Crippen molar-refractivity contribution in [1.82, 2.24) is 10.3 Å². The second kappa shape index (κ2) is 6.09. The van der Waals surface area contributed by atoms with Gasteiger partial charge < -0.3 is 5.32 Å². The van der Waals surface area contributed by atoms with Gasteiger partial charge in [-0.1, -0.05) is 25.4 Å². The third-order valence-corrected chi connectivity index (χ3v) is 3.53. The third kappa shape index (κ3) is 3.83. The molecule has 2 atom stereocenters. The third-order valence-electron chi connectivity index (χ3n) is 3.22. The zero-order valence-corrected chi connectivity index (χ0v) is 12.1. The first kappa shape index (κ1) is 16.2. The standard InChI is InChI=1S/C13H18ClF3N2/c1-7(2)11(8(3)18-4)12-10(14)5-9(6-19-12)13(15,16)17/h5-8,11,18H,1-4H3. The Bertz CT molecular complexity index is 432. The van der Waals surface area contributed by atoms with Gasteiger partial charge in [0.15, 0.2) is 0 Å². The van der Waals surface area contributed by atoms with Crippen LogP contribution in [-0.4, -0.2) is 18.1 Å². The second-order valence-corrected chi connectivity index (χ2v) is 5.34. The number of rotatable bonds is 4. The van der Waals surface area contributed by atoms with E-state index in [0.717, 1.165) is 12.3 Å². The number of hydrogen-bond acceptors (Lipinski definition) is 2. The molecule has 1 heterocycles. The molecule has 1 N–H and O–H groups in total. The molecular weight excluding hydrogens is 277 g/mol. The van der Waals surface area contributed by atoms with E-state index in [1.807, 2.05) is 20.8 Å². The summed E-state index contributed by atoms with van der Waals surface area (Å²) in [6.45, 7) is 5.95. The fourth-order valence-electron chi connectivity index (χ4n) is 2.16. The highest BCUT2D eigenvalue weighted by Gasteiger charge is 2.33. The van der Waals surface area contributed by atoms with Crippen molar-refractivity contribution in [2.75, 3.05) is 7.05 Å². The maximum absolute atomic E-state index is 12.6. The van der Waals surface area contributed by atoms with Gasteiger partial charge in [0.25, 0.3) is 0 Å². The van der Waals surface area contributed by atoms with Crippen LogP contribution >= 0.6 is 11.6 Å². The minimum atomic E-state index is -4.42.